The Hall–Kier alpha value is -1.62. The molecule has 0 unspecified atom stereocenters. The van der Waals surface area contributed by atoms with E-state index in [2.05, 4.69) is 32.1 Å². The van der Waals surface area contributed by atoms with Crippen LogP contribution in [0.4, 0.5) is 0 Å². The lowest BCUT2D eigenvalue weighted by Gasteiger charge is -2.43. The van der Waals surface area contributed by atoms with Gasteiger partial charge in [0.2, 0.25) is 0 Å². The minimum atomic E-state index is -0.577. The number of aliphatic hydroxyl groups excluding tert-OH is 1. The van der Waals surface area contributed by atoms with Gasteiger partial charge >= 0.3 is 11.9 Å². The fraction of sp³-hybridized carbons (Fsp3) is 0.760. The number of ether oxygens (including phenoxy) is 2. The molecule has 5 nitrogen and oxygen atoms in total. The summed E-state index contributed by atoms with van der Waals surface area (Å²) < 4.78 is 11.5. The molecule has 168 valence electrons. The van der Waals surface area contributed by atoms with Gasteiger partial charge in [-0.1, -0.05) is 45.9 Å². The van der Waals surface area contributed by atoms with Crippen molar-refractivity contribution in [3.63, 3.8) is 0 Å². The molecule has 0 bridgehead atoms. The van der Waals surface area contributed by atoms with Crippen LogP contribution in [0.3, 0.4) is 0 Å². The van der Waals surface area contributed by atoms with Gasteiger partial charge in [0.15, 0.2) is 0 Å². The predicted molar refractivity (Wildman–Crippen MR) is 115 cm³/mol. The average Bonchev–Trinajstić information content (AvgIpc) is 2.68. The first-order chi connectivity index (χ1) is 14.3. The molecule has 1 N–H and O–H groups in total. The van der Waals surface area contributed by atoms with Crippen LogP contribution in [-0.2, 0) is 19.1 Å². The Morgan fingerprint density at radius 1 is 1.30 bits per heavy atom. The number of cyclic esters (lactones) is 1. The number of hydrogen-bond acceptors (Lipinski definition) is 5. The van der Waals surface area contributed by atoms with Crippen molar-refractivity contribution in [2.45, 2.75) is 91.0 Å². The summed E-state index contributed by atoms with van der Waals surface area (Å²) in [5.74, 6) is 0.979. The van der Waals surface area contributed by atoms with E-state index in [9.17, 15) is 14.7 Å². The summed E-state index contributed by atoms with van der Waals surface area (Å²) in [6.45, 7) is 8.39. The molecule has 1 saturated heterocycles. The zero-order valence-electron chi connectivity index (χ0n) is 18.9. The molecule has 0 saturated carbocycles. The predicted octanol–water partition coefficient (Wildman–Crippen LogP) is 4.59. The normalized spacial score (nSPS) is 37.0. The SMILES string of the molecule is CC[C@H](C)C(=O)O[C@H]1C[C@@H](C)C=C2C=C[C@H](C)[C@H](CCC[C@@H]3C[C@@H](O)CC(=O)O3)[C@H]21. The molecule has 1 fully saturated rings. The van der Waals surface area contributed by atoms with Gasteiger partial charge in [-0.3, -0.25) is 9.59 Å². The van der Waals surface area contributed by atoms with E-state index in [4.69, 9.17) is 9.47 Å². The first kappa shape index (κ1) is 23.1. The van der Waals surface area contributed by atoms with Crippen molar-refractivity contribution in [1.29, 1.82) is 0 Å². The summed E-state index contributed by atoms with van der Waals surface area (Å²) in [7, 11) is 0. The summed E-state index contributed by atoms with van der Waals surface area (Å²) >= 11 is 0. The number of esters is 2. The maximum Gasteiger partial charge on any atom is 0.308 e. The summed E-state index contributed by atoms with van der Waals surface area (Å²) in [6.07, 6.45) is 11.0. The Bertz CT molecular complexity index is 681. The number of hydrogen-bond donors (Lipinski definition) is 1. The smallest absolute Gasteiger partial charge is 0.308 e. The zero-order valence-corrected chi connectivity index (χ0v) is 18.9. The van der Waals surface area contributed by atoms with Crippen LogP contribution in [0, 0.1) is 29.6 Å². The molecule has 3 rings (SSSR count). The quantitative estimate of drug-likeness (QED) is 0.613. The van der Waals surface area contributed by atoms with E-state index in [1.54, 1.807) is 0 Å². The van der Waals surface area contributed by atoms with Crippen molar-refractivity contribution in [3.05, 3.63) is 23.8 Å². The van der Waals surface area contributed by atoms with Gasteiger partial charge < -0.3 is 14.6 Å². The van der Waals surface area contributed by atoms with Crippen molar-refractivity contribution >= 4 is 11.9 Å². The highest BCUT2D eigenvalue weighted by molar-refractivity contribution is 5.72. The molecule has 8 atom stereocenters. The third kappa shape index (κ3) is 5.54. The lowest BCUT2D eigenvalue weighted by molar-refractivity contribution is -0.160. The van der Waals surface area contributed by atoms with Gasteiger partial charge in [-0.05, 0) is 55.4 Å². The highest BCUT2D eigenvalue weighted by Gasteiger charge is 2.41. The van der Waals surface area contributed by atoms with Gasteiger partial charge in [0, 0.05) is 12.3 Å². The Morgan fingerprint density at radius 2 is 2.07 bits per heavy atom. The second kappa shape index (κ2) is 10.1. The van der Waals surface area contributed by atoms with Gasteiger partial charge in [0.05, 0.1) is 18.4 Å². The number of allylic oxidation sites excluding steroid dienone is 3. The molecule has 5 heteroatoms. The second-order valence-corrected chi connectivity index (χ2v) is 9.71. The van der Waals surface area contributed by atoms with E-state index in [0.29, 0.717) is 24.2 Å². The van der Waals surface area contributed by atoms with Gasteiger partial charge in [-0.15, -0.1) is 0 Å². The van der Waals surface area contributed by atoms with Crippen LogP contribution >= 0.6 is 0 Å². The number of carbonyl (C=O) groups excluding carboxylic acids is 2. The largest absolute Gasteiger partial charge is 0.462 e. The van der Waals surface area contributed by atoms with Gasteiger partial charge in [0.1, 0.15) is 12.2 Å². The van der Waals surface area contributed by atoms with Crippen LogP contribution in [0.15, 0.2) is 23.8 Å². The molecule has 0 radical (unpaired) electrons. The van der Waals surface area contributed by atoms with E-state index in [0.717, 1.165) is 32.1 Å². The Kier molecular flexibility index (Phi) is 7.78. The molecule has 30 heavy (non-hydrogen) atoms. The molecule has 3 aliphatic rings. The highest BCUT2D eigenvalue weighted by Crippen LogP contribution is 2.45. The van der Waals surface area contributed by atoms with E-state index in [1.165, 1.54) is 5.57 Å². The van der Waals surface area contributed by atoms with Crippen molar-refractivity contribution in [3.8, 4) is 0 Å². The number of carbonyl (C=O) groups is 2. The molecule has 2 aliphatic carbocycles. The average molecular weight is 419 g/mol. The standard InChI is InChI=1S/C25H38O5/c1-5-16(3)25(28)30-22-12-15(2)11-18-10-9-17(4)21(24(18)22)8-6-7-20-13-19(26)14-23(27)29-20/h9-11,15-17,19-22,24,26H,5-8,12-14H2,1-4H3/t15-,16-,17-,19+,20+,21-,22-,24-/m0/s1. The van der Waals surface area contributed by atoms with E-state index in [-0.39, 0.29) is 42.4 Å². The molecule has 0 aromatic carbocycles. The van der Waals surface area contributed by atoms with Gasteiger partial charge in [-0.2, -0.15) is 0 Å². The van der Waals surface area contributed by atoms with Crippen molar-refractivity contribution in [2.24, 2.45) is 29.6 Å². The Morgan fingerprint density at radius 3 is 2.77 bits per heavy atom. The fourth-order valence-corrected chi connectivity index (χ4v) is 5.27. The molecule has 0 amide bonds. The topological polar surface area (TPSA) is 72.8 Å². The second-order valence-electron chi connectivity index (χ2n) is 9.71. The molecule has 1 aliphatic heterocycles. The Balaban J connectivity index is 1.67. The van der Waals surface area contributed by atoms with Crippen LogP contribution in [-0.4, -0.2) is 35.4 Å². The first-order valence-electron chi connectivity index (χ1n) is 11.8. The molecular formula is C25H38O5. The molecule has 0 aromatic heterocycles. The van der Waals surface area contributed by atoms with Crippen LogP contribution in [0.5, 0.6) is 0 Å². The van der Waals surface area contributed by atoms with Crippen LogP contribution in [0.25, 0.3) is 0 Å². The van der Waals surface area contributed by atoms with Gasteiger partial charge in [-0.25, -0.2) is 0 Å². The minimum absolute atomic E-state index is 0.0721. The van der Waals surface area contributed by atoms with Crippen molar-refractivity contribution in [2.75, 3.05) is 0 Å². The maximum atomic E-state index is 12.6. The van der Waals surface area contributed by atoms with Crippen molar-refractivity contribution in [1.82, 2.24) is 0 Å². The minimum Gasteiger partial charge on any atom is -0.462 e. The molecule has 0 aromatic rings. The molecular weight excluding hydrogens is 380 g/mol. The van der Waals surface area contributed by atoms with Crippen LogP contribution in [0.2, 0.25) is 0 Å². The maximum absolute atomic E-state index is 12.6. The van der Waals surface area contributed by atoms with E-state index in [1.807, 2.05) is 13.8 Å². The highest BCUT2D eigenvalue weighted by atomic mass is 16.5. The monoisotopic (exact) mass is 418 g/mol. The van der Waals surface area contributed by atoms with Crippen LogP contribution in [0.1, 0.15) is 72.6 Å². The Labute approximate surface area is 180 Å². The summed E-state index contributed by atoms with van der Waals surface area (Å²) in [6, 6.07) is 0. The van der Waals surface area contributed by atoms with Crippen molar-refractivity contribution < 1.29 is 24.2 Å². The first-order valence-corrected chi connectivity index (χ1v) is 11.8. The zero-order chi connectivity index (χ0) is 21.8. The van der Waals surface area contributed by atoms with E-state index >= 15 is 0 Å². The third-order valence-electron chi connectivity index (χ3n) is 7.18. The van der Waals surface area contributed by atoms with E-state index < -0.39 is 6.10 Å². The number of rotatable bonds is 7. The summed E-state index contributed by atoms with van der Waals surface area (Å²) in [5.41, 5.74) is 1.30. The molecule has 0 spiro atoms. The fourth-order valence-electron chi connectivity index (χ4n) is 5.27. The lowest BCUT2D eigenvalue weighted by atomic mass is 9.65. The summed E-state index contributed by atoms with van der Waals surface area (Å²) in [4.78, 5) is 24.2. The molecule has 1 heterocycles. The number of aliphatic hydroxyl groups is 1. The third-order valence-corrected chi connectivity index (χ3v) is 7.18. The van der Waals surface area contributed by atoms with Gasteiger partial charge in [0.25, 0.3) is 0 Å². The summed E-state index contributed by atoms with van der Waals surface area (Å²) in [5, 5.41) is 9.84. The lowest BCUT2D eigenvalue weighted by Crippen LogP contribution is -2.41. The number of fused-ring (bicyclic) bond motifs is 1. The van der Waals surface area contributed by atoms with Crippen LogP contribution < -0.4 is 0 Å².